The molecule has 0 atom stereocenters. The molecule has 7 heteroatoms. The van der Waals surface area contributed by atoms with Crippen molar-refractivity contribution in [1.29, 1.82) is 0 Å². The molecule has 1 N–H and O–H groups in total. The van der Waals surface area contributed by atoms with Crippen LogP contribution in [0.1, 0.15) is 12.7 Å². The van der Waals surface area contributed by atoms with Crippen molar-refractivity contribution in [3.63, 3.8) is 0 Å². The van der Waals surface area contributed by atoms with Crippen LogP contribution in [0.25, 0.3) is 6.08 Å². The number of carbonyl (C=O) groups is 2. The molecule has 0 saturated carbocycles. The molecule has 2 heterocycles. The standard InChI is InChI=1S/C10H7IN2O3S/c1-5(14)12-10-13-9(15)7(17-10)4-6-2-3-8(11)16-6/h2-4H,1H3,(H,12,13,14,15). The van der Waals surface area contributed by atoms with Crippen molar-refractivity contribution in [3.05, 3.63) is 26.6 Å². The number of amidine groups is 1. The number of nitrogens with zero attached hydrogens (tertiary/aromatic N) is 1. The summed E-state index contributed by atoms with van der Waals surface area (Å²) in [6.45, 7) is 1.37. The molecule has 0 fully saturated rings. The van der Waals surface area contributed by atoms with Crippen LogP contribution in [0.5, 0.6) is 0 Å². The van der Waals surface area contributed by atoms with Crippen molar-refractivity contribution in [1.82, 2.24) is 5.32 Å². The minimum absolute atomic E-state index is 0.252. The van der Waals surface area contributed by atoms with Crippen LogP contribution < -0.4 is 5.32 Å². The number of amides is 2. The molecule has 1 aromatic heterocycles. The Morgan fingerprint density at radius 3 is 2.94 bits per heavy atom. The van der Waals surface area contributed by atoms with Gasteiger partial charge < -0.3 is 9.73 Å². The maximum absolute atomic E-state index is 11.5. The summed E-state index contributed by atoms with van der Waals surface area (Å²) in [6.07, 6.45) is 1.60. The second kappa shape index (κ2) is 5.05. The van der Waals surface area contributed by atoms with E-state index in [0.717, 1.165) is 15.5 Å². The molecule has 5 nitrogen and oxygen atoms in total. The number of carbonyl (C=O) groups excluding carboxylic acids is 2. The first-order valence-corrected chi connectivity index (χ1v) is 6.49. The van der Waals surface area contributed by atoms with Gasteiger partial charge in [0.15, 0.2) is 8.93 Å². The van der Waals surface area contributed by atoms with Gasteiger partial charge in [0, 0.05) is 13.0 Å². The molecule has 0 saturated heterocycles. The lowest BCUT2D eigenvalue weighted by atomic mass is 10.4. The largest absolute Gasteiger partial charge is 0.451 e. The van der Waals surface area contributed by atoms with E-state index in [0.29, 0.717) is 15.8 Å². The second-order valence-electron chi connectivity index (χ2n) is 3.16. The number of nitrogens with one attached hydrogen (secondary N) is 1. The summed E-state index contributed by atoms with van der Waals surface area (Å²) in [5.41, 5.74) is 0. The Morgan fingerprint density at radius 2 is 2.35 bits per heavy atom. The lowest BCUT2D eigenvalue weighted by Gasteiger charge is -1.96. The fraction of sp³-hybridized carbons (Fsp3) is 0.100. The van der Waals surface area contributed by atoms with Crippen molar-refractivity contribution in [3.8, 4) is 0 Å². The zero-order valence-electron chi connectivity index (χ0n) is 8.69. The molecular formula is C10H7IN2O3S. The quantitative estimate of drug-likeness (QED) is 0.613. The number of hydrogen-bond acceptors (Lipinski definition) is 4. The van der Waals surface area contributed by atoms with Crippen LogP contribution >= 0.6 is 34.4 Å². The smallest absolute Gasteiger partial charge is 0.286 e. The van der Waals surface area contributed by atoms with Crippen LogP contribution in [0.15, 0.2) is 26.4 Å². The molecule has 0 spiro atoms. The minimum atomic E-state index is -0.370. The highest BCUT2D eigenvalue weighted by atomic mass is 127. The van der Waals surface area contributed by atoms with E-state index in [1.165, 1.54) is 6.92 Å². The number of rotatable bonds is 1. The molecule has 1 aliphatic heterocycles. The molecule has 1 aliphatic rings. The lowest BCUT2D eigenvalue weighted by molar-refractivity contribution is -0.117. The van der Waals surface area contributed by atoms with Gasteiger partial charge >= 0.3 is 0 Å². The third kappa shape index (κ3) is 3.19. The third-order valence-corrected chi connectivity index (χ3v) is 3.25. The highest BCUT2D eigenvalue weighted by molar-refractivity contribution is 14.1. The van der Waals surface area contributed by atoms with Gasteiger partial charge in [0.05, 0.1) is 4.91 Å². The Bertz CT molecular complexity index is 548. The Morgan fingerprint density at radius 1 is 1.59 bits per heavy atom. The van der Waals surface area contributed by atoms with Gasteiger partial charge in [-0.15, -0.1) is 0 Å². The van der Waals surface area contributed by atoms with E-state index in [9.17, 15) is 9.59 Å². The Labute approximate surface area is 115 Å². The molecular weight excluding hydrogens is 355 g/mol. The molecule has 0 unspecified atom stereocenters. The van der Waals surface area contributed by atoms with E-state index in [-0.39, 0.29) is 11.8 Å². The van der Waals surface area contributed by atoms with Crippen LogP contribution in [0.4, 0.5) is 0 Å². The maximum Gasteiger partial charge on any atom is 0.286 e. The average molecular weight is 362 g/mol. The molecule has 0 radical (unpaired) electrons. The number of aliphatic imine (C=N–C) groups is 1. The minimum Gasteiger partial charge on any atom is -0.451 e. The molecule has 88 valence electrons. The number of furan rings is 1. The Kier molecular flexibility index (Phi) is 3.67. The predicted octanol–water partition coefficient (Wildman–Crippen LogP) is 1.99. The summed E-state index contributed by atoms with van der Waals surface area (Å²) in [6, 6.07) is 3.56. The first-order valence-electron chi connectivity index (χ1n) is 4.60. The van der Waals surface area contributed by atoms with Gasteiger partial charge in [0.25, 0.3) is 5.91 Å². The zero-order valence-corrected chi connectivity index (χ0v) is 11.7. The van der Waals surface area contributed by atoms with E-state index in [2.05, 4.69) is 10.3 Å². The molecule has 2 rings (SSSR count). The summed E-state index contributed by atoms with van der Waals surface area (Å²) < 4.78 is 6.06. The van der Waals surface area contributed by atoms with Crippen LogP contribution in [-0.4, -0.2) is 17.0 Å². The van der Waals surface area contributed by atoms with Crippen LogP contribution in [0.3, 0.4) is 0 Å². The Balaban J connectivity index is 2.14. The average Bonchev–Trinajstić information content (AvgIpc) is 2.74. The first kappa shape index (κ1) is 12.4. The van der Waals surface area contributed by atoms with E-state index < -0.39 is 0 Å². The van der Waals surface area contributed by atoms with Crippen molar-refractivity contribution in [2.45, 2.75) is 6.92 Å². The van der Waals surface area contributed by atoms with Crippen LogP contribution in [0.2, 0.25) is 0 Å². The van der Waals surface area contributed by atoms with Crippen molar-refractivity contribution < 1.29 is 14.0 Å². The predicted molar refractivity (Wildman–Crippen MR) is 73.3 cm³/mol. The normalized spacial score (nSPS) is 17.4. The van der Waals surface area contributed by atoms with Gasteiger partial charge in [-0.05, 0) is 46.5 Å². The molecule has 2 amide bonds. The first-order chi connectivity index (χ1) is 8.04. The van der Waals surface area contributed by atoms with E-state index in [4.69, 9.17) is 4.42 Å². The third-order valence-electron chi connectivity index (χ3n) is 1.77. The second-order valence-corrected chi connectivity index (χ2v) is 5.25. The number of halogens is 1. The number of thioether (sulfide) groups is 1. The van der Waals surface area contributed by atoms with Gasteiger partial charge in [-0.1, -0.05) is 0 Å². The summed E-state index contributed by atoms with van der Waals surface area (Å²) in [5.74, 6) is -0.0347. The van der Waals surface area contributed by atoms with Gasteiger partial charge in [-0.25, -0.2) is 0 Å². The van der Waals surface area contributed by atoms with E-state index in [1.54, 1.807) is 18.2 Å². The lowest BCUT2D eigenvalue weighted by Crippen LogP contribution is -2.23. The maximum atomic E-state index is 11.5. The van der Waals surface area contributed by atoms with Crippen molar-refractivity contribution in [2.75, 3.05) is 0 Å². The van der Waals surface area contributed by atoms with Gasteiger partial charge in [0.2, 0.25) is 5.91 Å². The van der Waals surface area contributed by atoms with Crippen molar-refractivity contribution >= 4 is 57.4 Å². The van der Waals surface area contributed by atoms with E-state index >= 15 is 0 Å². The topological polar surface area (TPSA) is 71.7 Å². The highest BCUT2D eigenvalue weighted by Crippen LogP contribution is 2.27. The van der Waals surface area contributed by atoms with Crippen LogP contribution in [-0.2, 0) is 9.59 Å². The molecule has 17 heavy (non-hydrogen) atoms. The summed E-state index contributed by atoms with van der Waals surface area (Å²) >= 11 is 3.16. The van der Waals surface area contributed by atoms with Gasteiger partial charge in [0.1, 0.15) is 5.76 Å². The summed E-state index contributed by atoms with van der Waals surface area (Å²) in [5, 5.41) is 2.77. The molecule has 1 aromatic rings. The molecule has 0 aromatic carbocycles. The fourth-order valence-electron chi connectivity index (χ4n) is 1.15. The highest BCUT2D eigenvalue weighted by Gasteiger charge is 2.22. The van der Waals surface area contributed by atoms with Crippen molar-refractivity contribution in [2.24, 2.45) is 4.99 Å². The van der Waals surface area contributed by atoms with Gasteiger partial charge in [-0.3, -0.25) is 9.59 Å². The van der Waals surface area contributed by atoms with Crippen LogP contribution in [0, 0.1) is 3.77 Å². The monoisotopic (exact) mass is 362 g/mol. The zero-order chi connectivity index (χ0) is 12.4. The number of hydrogen-bond donors (Lipinski definition) is 1. The Hall–Kier alpha value is -1.09. The summed E-state index contributed by atoms with van der Waals surface area (Å²) in [4.78, 5) is 26.5. The van der Waals surface area contributed by atoms with E-state index in [1.807, 2.05) is 22.6 Å². The molecule has 0 bridgehead atoms. The SMILES string of the molecule is CC(=O)NC1=NC(=O)C(=Cc2ccc(I)o2)S1. The fourth-order valence-corrected chi connectivity index (χ4v) is 2.42. The molecule has 0 aliphatic carbocycles. The van der Waals surface area contributed by atoms with Gasteiger partial charge in [-0.2, -0.15) is 4.99 Å². The summed E-state index contributed by atoms with van der Waals surface area (Å²) in [7, 11) is 0.